The van der Waals surface area contributed by atoms with Crippen molar-refractivity contribution in [2.75, 3.05) is 16.3 Å². The molecule has 2 aliphatic rings. The van der Waals surface area contributed by atoms with Crippen LogP contribution < -0.4 is 15.1 Å². The highest BCUT2D eigenvalue weighted by Crippen LogP contribution is 2.43. The van der Waals surface area contributed by atoms with Crippen molar-refractivity contribution in [2.45, 2.75) is 52.5 Å². The molecule has 166 valence electrons. The monoisotopic (exact) mass is 431 g/mol. The lowest BCUT2D eigenvalue weighted by Crippen LogP contribution is -2.54. The van der Waals surface area contributed by atoms with Gasteiger partial charge in [0, 0.05) is 17.8 Å². The van der Waals surface area contributed by atoms with E-state index in [9.17, 15) is 14.4 Å². The summed E-state index contributed by atoms with van der Waals surface area (Å²) in [6, 6.07) is 12.4. The molecule has 4 amide bonds. The Morgan fingerprint density at radius 2 is 1.88 bits per heavy atom. The second-order valence-corrected chi connectivity index (χ2v) is 9.28. The van der Waals surface area contributed by atoms with Crippen LogP contribution in [0.1, 0.15) is 56.7 Å². The number of nitrogens with one attached hydrogen (secondary N) is 1. The Labute approximate surface area is 188 Å². The number of carbonyl (C=O) groups excluding carboxylic acids is 3. The van der Waals surface area contributed by atoms with Gasteiger partial charge in [-0.15, -0.1) is 0 Å². The van der Waals surface area contributed by atoms with Crippen molar-refractivity contribution in [2.24, 2.45) is 0 Å². The summed E-state index contributed by atoms with van der Waals surface area (Å²) in [5.74, 6) is -0.945. The van der Waals surface area contributed by atoms with E-state index in [0.29, 0.717) is 11.6 Å². The number of aryl methyl sites for hydroxylation is 1. The molecule has 6 nitrogen and oxygen atoms in total. The van der Waals surface area contributed by atoms with E-state index in [1.54, 1.807) is 24.3 Å². The lowest BCUT2D eigenvalue weighted by molar-refractivity contribution is -0.122. The SMILES string of the molecule is CCN1c2ccc(/C=C3/C(=O)NC(=O)N(c4cccc(C)c4)C3=O)cc2C(C)CC1(C)C. The van der Waals surface area contributed by atoms with Gasteiger partial charge in [-0.2, -0.15) is 0 Å². The topological polar surface area (TPSA) is 69.7 Å². The van der Waals surface area contributed by atoms with Crippen molar-refractivity contribution in [3.05, 3.63) is 64.7 Å². The first-order chi connectivity index (χ1) is 15.1. The minimum atomic E-state index is -0.734. The number of fused-ring (bicyclic) bond motifs is 1. The largest absolute Gasteiger partial charge is 0.366 e. The van der Waals surface area contributed by atoms with Gasteiger partial charge >= 0.3 is 6.03 Å². The van der Waals surface area contributed by atoms with E-state index in [-0.39, 0.29) is 11.1 Å². The molecule has 2 heterocycles. The molecule has 2 aliphatic heterocycles. The van der Waals surface area contributed by atoms with Crippen LogP contribution in [0.2, 0.25) is 0 Å². The summed E-state index contributed by atoms with van der Waals surface area (Å²) in [5, 5.41) is 2.30. The van der Waals surface area contributed by atoms with Crippen LogP contribution in [0.5, 0.6) is 0 Å². The summed E-state index contributed by atoms with van der Waals surface area (Å²) < 4.78 is 0. The fourth-order valence-corrected chi connectivity index (χ4v) is 5.02. The Morgan fingerprint density at radius 3 is 2.56 bits per heavy atom. The maximum Gasteiger partial charge on any atom is 0.335 e. The van der Waals surface area contributed by atoms with Gasteiger partial charge in [-0.05, 0) is 87.1 Å². The van der Waals surface area contributed by atoms with Gasteiger partial charge < -0.3 is 4.90 Å². The zero-order chi connectivity index (χ0) is 23.2. The van der Waals surface area contributed by atoms with Crippen LogP contribution in [0.4, 0.5) is 16.2 Å². The number of rotatable bonds is 3. The average Bonchev–Trinajstić information content (AvgIpc) is 2.71. The molecular weight excluding hydrogens is 402 g/mol. The Balaban J connectivity index is 1.73. The van der Waals surface area contributed by atoms with E-state index in [4.69, 9.17) is 0 Å². The van der Waals surface area contributed by atoms with Gasteiger partial charge in [-0.25, -0.2) is 9.69 Å². The minimum Gasteiger partial charge on any atom is -0.366 e. The maximum atomic E-state index is 13.2. The molecule has 0 aliphatic carbocycles. The third-order valence-electron chi connectivity index (χ3n) is 6.40. The van der Waals surface area contributed by atoms with Crippen LogP contribution in [-0.4, -0.2) is 29.9 Å². The molecule has 0 aromatic heterocycles. The number of barbiturate groups is 1. The Morgan fingerprint density at radius 1 is 1.12 bits per heavy atom. The van der Waals surface area contributed by atoms with Gasteiger partial charge in [0.15, 0.2) is 0 Å². The summed E-state index contributed by atoms with van der Waals surface area (Å²) in [5.41, 5.74) is 4.52. The molecule has 1 N–H and O–H groups in total. The Kier molecular flexibility index (Phi) is 5.41. The predicted octanol–water partition coefficient (Wildman–Crippen LogP) is 4.77. The Bertz CT molecular complexity index is 1150. The number of hydrogen-bond acceptors (Lipinski definition) is 4. The number of benzene rings is 2. The van der Waals surface area contributed by atoms with Crippen molar-refractivity contribution < 1.29 is 14.4 Å². The van der Waals surface area contributed by atoms with Crippen LogP contribution >= 0.6 is 0 Å². The summed E-state index contributed by atoms with van der Waals surface area (Å²) >= 11 is 0. The van der Waals surface area contributed by atoms with Crippen LogP contribution in [0.15, 0.2) is 48.0 Å². The predicted molar refractivity (Wildman–Crippen MR) is 127 cm³/mol. The van der Waals surface area contributed by atoms with Crippen LogP contribution in [0.25, 0.3) is 6.08 Å². The molecule has 0 bridgehead atoms. The highest BCUT2D eigenvalue weighted by Gasteiger charge is 2.38. The van der Waals surface area contributed by atoms with E-state index in [1.165, 1.54) is 11.3 Å². The van der Waals surface area contributed by atoms with Crippen LogP contribution in [0.3, 0.4) is 0 Å². The summed E-state index contributed by atoms with van der Waals surface area (Å²) in [6.07, 6.45) is 2.60. The van der Waals surface area contributed by atoms with Gasteiger partial charge in [0.1, 0.15) is 5.57 Å². The quantitative estimate of drug-likeness (QED) is 0.561. The molecule has 32 heavy (non-hydrogen) atoms. The van der Waals surface area contributed by atoms with Crippen molar-refractivity contribution in [3.63, 3.8) is 0 Å². The summed E-state index contributed by atoms with van der Waals surface area (Å²) in [7, 11) is 0. The van der Waals surface area contributed by atoms with E-state index in [2.05, 4.69) is 50.0 Å². The first-order valence-corrected chi connectivity index (χ1v) is 11.0. The smallest absolute Gasteiger partial charge is 0.335 e. The van der Waals surface area contributed by atoms with E-state index in [1.807, 2.05) is 19.1 Å². The number of anilines is 2. The van der Waals surface area contributed by atoms with Gasteiger partial charge in [-0.3, -0.25) is 14.9 Å². The number of imide groups is 2. The second kappa shape index (κ2) is 7.93. The fourth-order valence-electron chi connectivity index (χ4n) is 5.02. The number of nitrogens with zero attached hydrogens (tertiary/aromatic N) is 2. The number of urea groups is 1. The summed E-state index contributed by atoms with van der Waals surface area (Å²) in [4.78, 5) is 41.6. The molecule has 0 spiro atoms. The average molecular weight is 432 g/mol. The molecule has 1 fully saturated rings. The molecule has 4 rings (SSSR count). The van der Waals surface area contributed by atoms with Crippen LogP contribution in [0, 0.1) is 6.92 Å². The van der Waals surface area contributed by atoms with Gasteiger partial charge in [0.2, 0.25) is 0 Å². The fraction of sp³-hybridized carbons (Fsp3) is 0.346. The van der Waals surface area contributed by atoms with E-state index < -0.39 is 17.8 Å². The normalized spacial score (nSPS) is 21.6. The lowest BCUT2D eigenvalue weighted by atomic mass is 9.79. The zero-order valence-corrected chi connectivity index (χ0v) is 19.2. The van der Waals surface area contributed by atoms with Gasteiger partial charge in [0.05, 0.1) is 5.69 Å². The lowest BCUT2D eigenvalue weighted by Gasteiger charge is -2.47. The third-order valence-corrected chi connectivity index (χ3v) is 6.40. The van der Waals surface area contributed by atoms with Gasteiger partial charge in [0.25, 0.3) is 11.8 Å². The number of hydrogen-bond donors (Lipinski definition) is 1. The molecule has 6 heteroatoms. The number of carbonyl (C=O) groups is 3. The molecule has 1 atom stereocenters. The highest BCUT2D eigenvalue weighted by molar-refractivity contribution is 6.39. The van der Waals surface area contributed by atoms with Crippen molar-refractivity contribution >= 4 is 35.3 Å². The standard InChI is InChI=1S/C26H29N3O3/c1-6-28-22-11-10-18(13-20(22)17(3)15-26(28,4)5)14-21-23(30)27-25(32)29(24(21)31)19-9-7-8-16(2)12-19/h7-14,17H,6,15H2,1-5H3,(H,27,30,32)/b21-14-. The maximum absolute atomic E-state index is 13.2. The summed E-state index contributed by atoms with van der Waals surface area (Å²) in [6.45, 7) is 11.7. The van der Waals surface area contributed by atoms with Crippen molar-refractivity contribution in [3.8, 4) is 0 Å². The molecule has 1 saturated heterocycles. The van der Waals surface area contributed by atoms with Gasteiger partial charge in [-0.1, -0.05) is 25.1 Å². The Hall–Kier alpha value is -3.41. The molecule has 2 aromatic carbocycles. The molecule has 2 aromatic rings. The molecule has 0 radical (unpaired) electrons. The molecule has 0 saturated carbocycles. The highest BCUT2D eigenvalue weighted by atomic mass is 16.2. The van der Waals surface area contributed by atoms with E-state index >= 15 is 0 Å². The van der Waals surface area contributed by atoms with Crippen LogP contribution in [-0.2, 0) is 9.59 Å². The van der Waals surface area contributed by atoms with Crippen molar-refractivity contribution in [1.82, 2.24) is 5.32 Å². The first kappa shape index (κ1) is 21.8. The second-order valence-electron chi connectivity index (χ2n) is 9.28. The molecular formula is C26H29N3O3. The van der Waals surface area contributed by atoms with E-state index in [0.717, 1.165) is 29.0 Å². The van der Waals surface area contributed by atoms with Crippen molar-refractivity contribution in [1.29, 1.82) is 0 Å². The third kappa shape index (κ3) is 3.70. The first-order valence-electron chi connectivity index (χ1n) is 11.0. The zero-order valence-electron chi connectivity index (χ0n) is 19.2. The number of amides is 4. The molecule has 1 unspecified atom stereocenters. The minimum absolute atomic E-state index is 0.0535.